The molecule has 0 atom stereocenters. The Labute approximate surface area is 243 Å². The molecular weight excluding hydrogens is 532 g/mol. The molecule has 2 aromatic carbocycles. The van der Waals surface area contributed by atoms with Crippen molar-refractivity contribution >= 4 is 21.6 Å². The summed E-state index contributed by atoms with van der Waals surface area (Å²) in [5.74, 6) is 0.0680. The van der Waals surface area contributed by atoms with Gasteiger partial charge in [-0.05, 0) is 92.7 Å². The van der Waals surface area contributed by atoms with Gasteiger partial charge >= 0.3 is 6.03 Å². The topological polar surface area (TPSA) is 82.6 Å². The minimum atomic E-state index is -3.24. The third-order valence-corrected chi connectivity index (χ3v) is 11.0. The van der Waals surface area contributed by atoms with Crippen LogP contribution in [0.15, 0.2) is 59.5 Å². The van der Waals surface area contributed by atoms with Gasteiger partial charge < -0.3 is 5.32 Å². The lowest BCUT2D eigenvalue weighted by Crippen LogP contribution is -2.41. The van der Waals surface area contributed by atoms with E-state index in [0.29, 0.717) is 18.0 Å². The average molecular weight is 573 g/mol. The summed E-state index contributed by atoms with van der Waals surface area (Å²) < 4.78 is 24.3. The Balaban J connectivity index is 1.23. The summed E-state index contributed by atoms with van der Waals surface area (Å²) in [7, 11) is -3.24. The zero-order chi connectivity index (χ0) is 28.6. The number of pyridine rings is 1. The molecule has 216 valence electrons. The highest BCUT2D eigenvalue weighted by atomic mass is 32.2. The second-order valence-corrected chi connectivity index (χ2v) is 14.3. The first-order valence-electron chi connectivity index (χ1n) is 15.0. The highest BCUT2D eigenvalue weighted by molar-refractivity contribution is 7.91. The lowest BCUT2D eigenvalue weighted by atomic mass is 9.84. The normalized spacial score (nSPS) is 18.2. The Hall–Kier alpha value is -3.23. The van der Waals surface area contributed by atoms with Crippen molar-refractivity contribution in [2.45, 2.75) is 75.8 Å². The van der Waals surface area contributed by atoms with Gasteiger partial charge in [0.15, 0.2) is 9.84 Å². The highest BCUT2D eigenvalue weighted by Gasteiger charge is 2.47. The molecule has 1 N–H and O–H groups in total. The minimum absolute atomic E-state index is 0.0680. The van der Waals surface area contributed by atoms with E-state index in [1.54, 1.807) is 31.2 Å². The van der Waals surface area contributed by atoms with Gasteiger partial charge in [0.05, 0.1) is 27.7 Å². The number of rotatable bonds is 7. The summed E-state index contributed by atoms with van der Waals surface area (Å²) in [5.41, 5.74) is 7.43. The summed E-state index contributed by atoms with van der Waals surface area (Å²) in [5, 5.41) is 3.06. The Morgan fingerprint density at radius 2 is 1.66 bits per heavy atom. The SMILES string of the molecule is CCS(=O)(=O)c1ccc(CNC(=O)N2CC3(CCCC3)c3nc(-c4cc(CN5CCCC5)ccc4C)ccc32)cc1. The van der Waals surface area contributed by atoms with Crippen LogP contribution in [0.25, 0.3) is 11.3 Å². The maximum Gasteiger partial charge on any atom is 0.322 e. The number of fused-ring (bicyclic) bond motifs is 2. The molecule has 1 saturated heterocycles. The summed E-state index contributed by atoms with van der Waals surface area (Å²) in [6, 6.07) is 17.6. The second kappa shape index (κ2) is 11.2. The second-order valence-electron chi connectivity index (χ2n) is 12.0. The van der Waals surface area contributed by atoms with Gasteiger partial charge in [-0.2, -0.15) is 0 Å². The molecule has 7 nitrogen and oxygen atoms in total. The maximum absolute atomic E-state index is 13.5. The van der Waals surface area contributed by atoms with E-state index < -0.39 is 9.84 Å². The fourth-order valence-corrected chi connectivity index (χ4v) is 7.68. The highest BCUT2D eigenvalue weighted by Crippen LogP contribution is 2.50. The number of carbonyl (C=O) groups is 1. The Morgan fingerprint density at radius 3 is 2.37 bits per heavy atom. The van der Waals surface area contributed by atoms with Crippen molar-refractivity contribution in [1.82, 2.24) is 15.2 Å². The first kappa shape index (κ1) is 27.9. The summed E-state index contributed by atoms with van der Waals surface area (Å²) >= 11 is 0. The van der Waals surface area contributed by atoms with E-state index in [1.165, 1.54) is 42.6 Å². The van der Waals surface area contributed by atoms with Gasteiger partial charge in [0.25, 0.3) is 0 Å². The third-order valence-electron chi connectivity index (χ3n) is 9.22. The van der Waals surface area contributed by atoms with Crippen LogP contribution in [0.5, 0.6) is 0 Å². The van der Waals surface area contributed by atoms with Gasteiger partial charge in [-0.25, -0.2) is 18.2 Å². The van der Waals surface area contributed by atoms with Crippen LogP contribution in [0.4, 0.5) is 10.5 Å². The smallest absolute Gasteiger partial charge is 0.322 e. The lowest BCUT2D eigenvalue weighted by Gasteiger charge is -2.24. The maximum atomic E-state index is 13.5. The summed E-state index contributed by atoms with van der Waals surface area (Å²) in [4.78, 5) is 23.5. The van der Waals surface area contributed by atoms with Crippen molar-refractivity contribution in [3.05, 3.63) is 77.0 Å². The predicted octanol–water partition coefficient (Wildman–Crippen LogP) is 5.99. The van der Waals surface area contributed by atoms with Crippen molar-refractivity contribution in [2.24, 2.45) is 0 Å². The van der Waals surface area contributed by atoms with Crippen LogP contribution in [0.3, 0.4) is 0 Å². The van der Waals surface area contributed by atoms with E-state index in [-0.39, 0.29) is 17.2 Å². The van der Waals surface area contributed by atoms with E-state index >= 15 is 0 Å². The molecule has 3 heterocycles. The molecule has 0 radical (unpaired) electrons. The number of hydrogen-bond acceptors (Lipinski definition) is 5. The number of nitrogens with zero attached hydrogens (tertiary/aromatic N) is 3. The molecule has 8 heteroatoms. The van der Waals surface area contributed by atoms with Crippen LogP contribution >= 0.6 is 0 Å². The monoisotopic (exact) mass is 572 g/mol. The molecule has 1 saturated carbocycles. The fourth-order valence-electron chi connectivity index (χ4n) is 6.80. The number of hydrogen-bond donors (Lipinski definition) is 1. The van der Waals surface area contributed by atoms with Gasteiger partial charge in [0.1, 0.15) is 0 Å². The molecule has 2 fully saturated rings. The van der Waals surface area contributed by atoms with Gasteiger partial charge in [-0.3, -0.25) is 9.80 Å². The Morgan fingerprint density at radius 1 is 0.951 bits per heavy atom. The van der Waals surface area contributed by atoms with Crippen LogP contribution in [-0.4, -0.2) is 49.7 Å². The standard InChI is InChI=1S/C33H40N4O3S/c1-3-41(39,40)27-12-10-25(11-13-27)21-34-32(38)37-23-33(16-4-5-17-33)31-30(37)15-14-29(35-31)28-20-26(9-8-24(28)2)22-36-18-6-7-19-36/h8-15,20H,3-7,16-19,21-23H2,1-2H3,(H,34,38). The molecule has 3 aromatic rings. The van der Waals surface area contributed by atoms with Gasteiger partial charge in [0.2, 0.25) is 0 Å². The molecule has 1 aliphatic carbocycles. The molecule has 2 amide bonds. The number of anilines is 1. The molecule has 41 heavy (non-hydrogen) atoms. The zero-order valence-electron chi connectivity index (χ0n) is 24.2. The van der Waals surface area contributed by atoms with Crippen molar-refractivity contribution in [1.29, 1.82) is 0 Å². The Kier molecular flexibility index (Phi) is 7.64. The fraction of sp³-hybridized carbons (Fsp3) is 0.455. The number of aromatic nitrogens is 1. The van der Waals surface area contributed by atoms with Crippen LogP contribution in [0, 0.1) is 6.92 Å². The molecule has 1 aromatic heterocycles. The molecule has 3 aliphatic rings. The number of sulfone groups is 1. The Bertz CT molecular complexity index is 1540. The molecule has 0 bridgehead atoms. The lowest BCUT2D eigenvalue weighted by molar-refractivity contribution is 0.245. The molecule has 6 rings (SSSR count). The van der Waals surface area contributed by atoms with E-state index in [9.17, 15) is 13.2 Å². The molecule has 2 aliphatic heterocycles. The van der Waals surface area contributed by atoms with Crippen LogP contribution in [0.1, 0.15) is 67.8 Å². The number of nitrogens with one attached hydrogen (secondary N) is 1. The number of benzene rings is 2. The minimum Gasteiger partial charge on any atom is -0.334 e. The van der Waals surface area contributed by atoms with Crippen molar-refractivity contribution < 1.29 is 13.2 Å². The van der Waals surface area contributed by atoms with Crippen molar-refractivity contribution in [2.75, 3.05) is 30.3 Å². The number of aryl methyl sites for hydroxylation is 1. The summed E-state index contributed by atoms with van der Waals surface area (Å²) in [6.07, 6.45) is 6.96. The number of carbonyl (C=O) groups excluding carboxylic acids is 1. The molecule has 0 unspecified atom stereocenters. The van der Waals surface area contributed by atoms with Crippen molar-refractivity contribution in [3.63, 3.8) is 0 Å². The van der Waals surface area contributed by atoms with Crippen LogP contribution in [0.2, 0.25) is 0 Å². The summed E-state index contributed by atoms with van der Waals surface area (Å²) in [6.45, 7) is 8.09. The van der Waals surface area contributed by atoms with E-state index in [0.717, 1.165) is 54.9 Å². The molecular formula is C33H40N4O3S. The van der Waals surface area contributed by atoms with E-state index in [4.69, 9.17) is 4.98 Å². The van der Waals surface area contributed by atoms with E-state index in [2.05, 4.69) is 47.5 Å². The van der Waals surface area contributed by atoms with Crippen LogP contribution < -0.4 is 10.2 Å². The van der Waals surface area contributed by atoms with Crippen molar-refractivity contribution in [3.8, 4) is 11.3 Å². The van der Waals surface area contributed by atoms with Crippen LogP contribution in [-0.2, 0) is 28.3 Å². The van der Waals surface area contributed by atoms with Gasteiger partial charge in [0, 0.05) is 30.6 Å². The quantitative estimate of drug-likeness (QED) is 0.376. The third kappa shape index (κ3) is 5.52. The van der Waals surface area contributed by atoms with Gasteiger partial charge in [-0.1, -0.05) is 44.0 Å². The predicted molar refractivity (Wildman–Crippen MR) is 163 cm³/mol. The first-order chi connectivity index (χ1) is 19.8. The number of amides is 2. The first-order valence-corrected chi connectivity index (χ1v) is 16.6. The number of urea groups is 1. The molecule has 1 spiro atoms. The van der Waals surface area contributed by atoms with E-state index in [1.807, 2.05) is 4.90 Å². The number of likely N-dealkylation sites (tertiary alicyclic amines) is 1. The average Bonchev–Trinajstić information content (AvgIpc) is 3.75. The largest absolute Gasteiger partial charge is 0.334 e. The van der Waals surface area contributed by atoms with Gasteiger partial charge in [-0.15, -0.1) is 0 Å². The zero-order valence-corrected chi connectivity index (χ0v) is 25.0.